The Labute approximate surface area is 276 Å². The molecule has 0 unspecified atom stereocenters. The summed E-state index contributed by atoms with van der Waals surface area (Å²) in [5.74, 6) is -3.78. The number of aliphatic carboxylic acids is 1. The van der Waals surface area contributed by atoms with Crippen LogP contribution in [0.2, 0.25) is 0 Å². The molecule has 0 fully saturated rings. The number of rotatable bonds is 17. The Kier molecular flexibility index (Phi) is 11.3. The van der Waals surface area contributed by atoms with Crippen LogP contribution in [0.3, 0.4) is 0 Å². The number of methoxy groups -OCH3 is 2. The van der Waals surface area contributed by atoms with Crippen LogP contribution in [0.15, 0.2) is 24.3 Å². The summed E-state index contributed by atoms with van der Waals surface area (Å²) in [5.41, 5.74) is -1.29. The van der Waals surface area contributed by atoms with Gasteiger partial charge in [-0.1, -0.05) is 0 Å². The van der Waals surface area contributed by atoms with E-state index >= 15 is 8.78 Å². The van der Waals surface area contributed by atoms with Crippen LogP contribution in [0.4, 0.5) is 8.78 Å². The van der Waals surface area contributed by atoms with Crippen molar-refractivity contribution in [2.24, 2.45) is 5.41 Å². The summed E-state index contributed by atoms with van der Waals surface area (Å²) in [4.78, 5) is 37.3. The van der Waals surface area contributed by atoms with Crippen molar-refractivity contribution in [1.82, 2.24) is 0 Å². The first-order valence-electron chi connectivity index (χ1n) is 14.0. The maximum atomic E-state index is 15.6. The number of Topliss-reactive ketones (excluding diaryl/α,β-unsaturated/α-hetero) is 2. The van der Waals surface area contributed by atoms with E-state index in [0.717, 1.165) is 22.7 Å². The molecule has 0 spiro atoms. The Morgan fingerprint density at radius 1 is 0.787 bits per heavy atom. The highest BCUT2D eigenvalue weighted by atomic mass is 32.1. The van der Waals surface area contributed by atoms with Crippen molar-refractivity contribution in [3.05, 3.63) is 45.7 Å². The summed E-state index contributed by atoms with van der Waals surface area (Å²) in [7, 11) is 1.40. The normalized spacial score (nSPS) is 12.0. The SMILES string of the molecule is COc1cc2sc(C(=O)CC(C)(C)C(=O)O)cc2c(F)c1OCCCOc1c(OC)cc2sc(C(=O)CP(=O)(OC)OC)cc2c1F. The summed E-state index contributed by atoms with van der Waals surface area (Å²) in [5, 5.41) is 9.59. The lowest BCUT2D eigenvalue weighted by Gasteiger charge is -2.16. The maximum Gasteiger partial charge on any atom is 0.337 e. The van der Waals surface area contributed by atoms with Crippen LogP contribution in [0.5, 0.6) is 23.0 Å². The molecule has 0 bridgehead atoms. The van der Waals surface area contributed by atoms with Gasteiger partial charge in [-0.25, -0.2) is 8.78 Å². The van der Waals surface area contributed by atoms with Crippen molar-refractivity contribution >= 4 is 68.0 Å². The Morgan fingerprint density at radius 2 is 1.23 bits per heavy atom. The van der Waals surface area contributed by atoms with Gasteiger partial charge >= 0.3 is 13.6 Å². The molecule has 16 heteroatoms. The number of halogens is 2. The van der Waals surface area contributed by atoms with E-state index in [1.165, 1.54) is 66.6 Å². The zero-order chi connectivity index (χ0) is 34.7. The van der Waals surface area contributed by atoms with Crippen LogP contribution in [-0.2, 0) is 18.4 Å². The van der Waals surface area contributed by atoms with Gasteiger partial charge in [0.05, 0.1) is 42.6 Å². The number of carbonyl (C=O) groups is 3. The van der Waals surface area contributed by atoms with Crippen molar-refractivity contribution in [3.63, 3.8) is 0 Å². The molecule has 2 aromatic heterocycles. The predicted molar refractivity (Wildman–Crippen MR) is 173 cm³/mol. The van der Waals surface area contributed by atoms with Crippen LogP contribution in [0.1, 0.15) is 46.0 Å². The first-order valence-corrected chi connectivity index (χ1v) is 17.4. The molecule has 11 nitrogen and oxygen atoms in total. The fourth-order valence-corrected chi connectivity index (χ4v) is 7.56. The summed E-state index contributed by atoms with van der Waals surface area (Å²) in [6.07, 6.45) is -0.576. The molecule has 0 saturated carbocycles. The number of hydrogen-bond acceptors (Lipinski definition) is 12. The van der Waals surface area contributed by atoms with Gasteiger partial charge in [-0.2, -0.15) is 0 Å². The van der Waals surface area contributed by atoms with Gasteiger partial charge in [0.25, 0.3) is 0 Å². The summed E-state index contributed by atoms with van der Waals surface area (Å²) >= 11 is 2.02. The first-order chi connectivity index (χ1) is 22.2. The molecular formula is C31H33F2O11PS2. The number of carboxylic acids is 1. The second-order valence-electron chi connectivity index (χ2n) is 10.9. The van der Waals surface area contributed by atoms with E-state index in [-0.39, 0.29) is 69.6 Å². The van der Waals surface area contributed by atoms with E-state index in [0.29, 0.717) is 9.40 Å². The quantitative estimate of drug-likeness (QED) is 0.0656. The van der Waals surface area contributed by atoms with Crippen LogP contribution in [0, 0.1) is 17.0 Å². The highest BCUT2D eigenvalue weighted by Crippen LogP contribution is 2.48. The number of benzene rings is 2. The van der Waals surface area contributed by atoms with Gasteiger partial charge < -0.3 is 33.1 Å². The molecular weight excluding hydrogens is 681 g/mol. The molecule has 2 heterocycles. The van der Waals surface area contributed by atoms with Crippen molar-refractivity contribution in [3.8, 4) is 23.0 Å². The van der Waals surface area contributed by atoms with Gasteiger partial charge in [-0.05, 0) is 26.0 Å². The number of fused-ring (bicyclic) bond motifs is 2. The molecule has 4 rings (SSSR count). The second-order valence-corrected chi connectivity index (χ2v) is 15.3. The standard InChI is InChI=1S/C31H33F2O11PS2/c1-31(2,30(36)37)14-18(34)24-10-16-22(46-24)12-20(39-3)28(26(16)32)43-8-7-9-44-29-21(40-4)13-23-17(27(29)33)11-25(47-23)19(35)15-45(38,41-5)42-6/h10-13H,7-9,14-15H2,1-6H3,(H,36,37). The number of ether oxygens (including phenoxy) is 4. The summed E-state index contributed by atoms with van der Waals surface area (Å²) < 4.78 is 76.0. The molecule has 1 N–H and O–H groups in total. The van der Waals surface area contributed by atoms with Gasteiger partial charge in [-0.3, -0.25) is 18.9 Å². The smallest absolute Gasteiger partial charge is 0.337 e. The minimum Gasteiger partial charge on any atom is -0.493 e. The van der Waals surface area contributed by atoms with E-state index in [1.807, 2.05) is 0 Å². The molecule has 0 aliphatic rings. The minimum atomic E-state index is -3.62. The average Bonchev–Trinajstić information content (AvgIpc) is 3.67. The Morgan fingerprint density at radius 3 is 1.64 bits per heavy atom. The fourth-order valence-electron chi connectivity index (χ4n) is 4.47. The van der Waals surface area contributed by atoms with Crippen LogP contribution < -0.4 is 18.9 Å². The third-order valence-corrected chi connectivity index (χ3v) is 11.2. The highest BCUT2D eigenvalue weighted by Gasteiger charge is 2.32. The maximum absolute atomic E-state index is 15.6. The molecule has 47 heavy (non-hydrogen) atoms. The van der Waals surface area contributed by atoms with Gasteiger partial charge in [0.1, 0.15) is 6.16 Å². The van der Waals surface area contributed by atoms with E-state index < -0.39 is 48.3 Å². The first kappa shape index (κ1) is 36.2. The van der Waals surface area contributed by atoms with Crippen LogP contribution >= 0.6 is 30.3 Å². The molecule has 0 radical (unpaired) electrons. The lowest BCUT2D eigenvalue weighted by atomic mass is 9.87. The number of hydrogen-bond donors (Lipinski definition) is 1. The lowest BCUT2D eigenvalue weighted by molar-refractivity contribution is -0.146. The van der Waals surface area contributed by atoms with Crippen molar-refractivity contribution < 1.29 is 60.8 Å². The van der Waals surface area contributed by atoms with Gasteiger partial charge in [0, 0.05) is 59.4 Å². The minimum absolute atomic E-state index is 0.0517. The molecule has 2 aromatic carbocycles. The number of thiophene rings is 2. The second kappa shape index (κ2) is 14.7. The Bertz CT molecular complexity index is 1870. The van der Waals surface area contributed by atoms with E-state index in [9.17, 15) is 24.1 Å². The number of ketones is 2. The van der Waals surface area contributed by atoms with Crippen LogP contribution in [0.25, 0.3) is 20.2 Å². The van der Waals surface area contributed by atoms with Crippen molar-refractivity contribution in [1.29, 1.82) is 0 Å². The lowest BCUT2D eigenvalue weighted by Crippen LogP contribution is -2.26. The van der Waals surface area contributed by atoms with Crippen molar-refractivity contribution in [2.45, 2.75) is 26.7 Å². The molecule has 4 aromatic rings. The third-order valence-electron chi connectivity index (χ3n) is 7.21. The molecule has 0 amide bonds. The highest BCUT2D eigenvalue weighted by molar-refractivity contribution is 7.55. The predicted octanol–water partition coefficient (Wildman–Crippen LogP) is 7.61. The molecule has 0 aliphatic carbocycles. The molecule has 0 saturated heterocycles. The summed E-state index contributed by atoms with van der Waals surface area (Å²) in [6, 6.07) is 5.76. The molecule has 254 valence electrons. The average molecular weight is 715 g/mol. The zero-order valence-electron chi connectivity index (χ0n) is 26.4. The Balaban J connectivity index is 1.46. The van der Waals surface area contributed by atoms with E-state index in [1.54, 1.807) is 0 Å². The zero-order valence-corrected chi connectivity index (χ0v) is 28.9. The van der Waals surface area contributed by atoms with Crippen LogP contribution in [-0.4, -0.2) is 70.5 Å². The fraction of sp³-hybridized carbons (Fsp3) is 0.387. The Hall–Kier alpha value is -3.62. The van der Waals surface area contributed by atoms with E-state index in [4.69, 9.17) is 28.0 Å². The molecule has 0 atom stereocenters. The van der Waals surface area contributed by atoms with E-state index in [2.05, 4.69) is 0 Å². The number of carbonyl (C=O) groups excluding carboxylic acids is 2. The molecule has 0 aliphatic heterocycles. The monoisotopic (exact) mass is 714 g/mol. The third kappa shape index (κ3) is 7.76. The van der Waals surface area contributed by atoms with Gasteiger partial charge in [-0.15, -0.1) is 22.7 Å². The largest absolute Gasteiger partial charge is 0.493 e. The summed E-state index contributed by atoms with van der Waals surface area (Å²) in [6.45, 7) is 2.78. The van der Waals surface area contributed by atoms with Gasteiger partial charge in [0.2, 0.25) is 0 Å². The topological polar surface area (TPSA) is 144 Å². The van der Waals surface area contributed by atoms with Gasteiger partial charge in [0.15, 0.2) is 46.2 Å². The van der Waals surface area contributed by atoms with Crippen molar-refractivity contribution in [2.75, 3.05) is 47.8 Å². The number of carboxylic acid groups (broad SMARTS) is 1.